The SMILES string of the molecule is Cc1ccccc1C(CCOc1ccccc1C(C)C)C(=O)O. The number of para-hydroxylation sites is 1. The van der Waals surface area contributed by atoms with Crippen LogP contribution < -0.4 is 4.74 Å². The van der Waals surface area contributed by atoms with Gasteiger partial charge in [0.25, 0.3) is 0 Å². The van der Waals surface area contributed by atoms with E-state index in [0.717, 1.165) is 22.4 Å². The first-order valence-electron chi connectivity index (χ1n) is 8.00. The van der Waals surface area contributed by atoms with Crippen molar-refractivity contribution in [2.45, 2.75) is 39.0 Å². The van der Waals surface area contributed by atoms with Gasteiger partial charge in [0.15, 0.2) is 0 Å². The van der Waals surface area contributed by atoms with Gasteiger partial charge in [0.1, 0.15) is 5.75 Å². The molecule has 2 aromatic rings. The molecule has 0 aliphatic heterocycles. The fourth-order valence-corrected chi connectivity index (χ4v) is 2.77. The van der Waals surface area contributed by atoms with Crippen LogP contribution in [0.1, 0.15) is 48.8 Å². The fraction of sp³-hybridized carbons (Fsp3) is 0.350. The summed E-state index contributed by atoms with van der Waals surface area (Å²) in [5, 5.41) is 9.54. The quantitative estimate of drug-likeness (QED) is 0.802. The maximum absolute atomic E-state index is 11.6. The minimum atomic E-state index is -0.806. The van der Waals surface area contributed by atoms with Crippen LogP contribution in [-0.2, 0) is 4.79 Å². The van der Waals surface area contributed by atoms with Gasteiger partial charge in [0.05, 0.1) is 12.5 Å². The first-order valence-corrected chi connectivity index (χ1v) is 8.00. The maximum Gasteiger partial charge on any atom is 0.311 e. The Labute approximate surface area is 137 Å². The standard InChI is InChI=1S/C20H24O3/c1-14(2)16-9-6-7-11-19(16)23-13-12-18(20(21)22)17-10-5-4-8-15(17)3/h4-11,14,18H,12-13H2,1-3H3,(H,21,22). The lowest BCUT2D eigenvalue weighted by Gasteiger charge is -2.17. The highest BCUT2D eigenvalue weighted by Crippen LogP contribution is 2.28. The van der Waals surface area contributed by atoms with Crippen molar-refractivity contribution in [2.24, 2.45) is 0 Å². The van der Waals surface area contributed by atoms with Crippen LogP contribution in [0.15, 0.2) is 48.5 Å². The molecule has 0 saturated heterocycles. The van der Waals surface area contributed by atoms with E-state index in [4.69, 9.17) is 4.74 Å². The smallest absolute Gasteiger partial charge is 0.311 e. The zero-order valence-corrected chi connectivity index (χ0v) is 14.0. The number of rotatable bonds is 7. The van der Waals surface area contributed by atoms with E-state index in [1.807, 2.05) is 49.4 Å². The topological polar surface area (TPSA) is 46.5 Å². The van der Waals surface area contributed by atoms with Gasteiger partial charge in [-0.1, -0.05) is 56.3 Å². The van der Waals surface area contributed by atoms with Gasteiger partial charge in [0.2, 0.25) is 0 Å². The summed E-state index contributed by atoms with van der Waals surface area (Å²) in [7, 11) is 0. The lowest BCUT2D eigenvalue weighted by atomic mass is 9.92. The molecule has 0 bridgehead atoms. The zero-order chi connectivity index (χ0) is 16.8. The second-order valence-corrected chi connectivity index (χ2v) is 6.08. The Morgan fingerprint density at radius 2 is 1.65 bits per heavy atom. The summed E-state index contributed by atoms with van der Waals surface area (Å²) in [6, 6.07) is 15.6. The first kappa shape index (κ1) is 17.1. The molecule has 0 spiro atoms. The third-order valence-electron chi connectivity index (χ3n) is 4.07. The van der Waals surface area contributed by atoms with Crippen molar-refractivity contribution < 1.29 is 14.6 Å². The molecule has 1 unspecified atom stereocenters. The van der Waals surface area contributed by atoms with E-state index in [-0.39, 0.29) is 0 Å². The highest BCUT2D eigenvalue weighted by molar-refractivity contribution is 5.76. The van der Waals surface area contributed by atoms with Crippen LogP contribution in [-0.4, -0.2) is 17.7 Å². The van der Waals surface area contributed by atoms with E-state index >= 15 is 0 Å². The van der Waals surface area contributed by atoms with E-state index in [1.54, 1.807) is 0 Å². The van der Waals surface area contributed by atoms with E-state index in [0.29, 0.717) is 18.9 Å². The van der Waals surface area contributed by atoms with E-state index < -0.39 is 11.9 Å². The number of benzene rings is 2. The first-order chi connectivity index (χ1) is 11.0. The Bertz CT molecular complexity index is 661. The van der Waals surface area contributed by atoms with Crippen molar-refractivity contribution in [3.05, 3.63) is 65.2 Å². The number of carboxylic acid groups (broad SMARTS) is 1. The molecule has 0 aromatic heterocycles. The summed E-state index contributed by atoms with van der Waals surface area (Å²) in [4.78, 5) is 11.6. The van der Waals surface area contributed by atoms with Gasteiger partial charge >= 0.3 is 5.97 Å². The van der Waals surface area contributed by atoms with Crippen molar-refractivity contribution in [3.8, 4) is 5.75 Å². The molecule has 0 amide bonds. The Morgan fingerprint density at radius 3 is 2.26 bits per heavy atom. The van der Waals surface area contributed by atoms with Gasteiger partial charge in [-0.2, -0.15) is 0 Å². The van der Waals surface area contributed by atoms with E-state index in [9.17, 15) is 9.90 Å². The molecule has 0 aliphatic carbocycles. The molecule has 0 saturated carbocycles. The molecule has 2 aromatic carbocycles. The van der Waals surface area contributed by atoms with Crippen LogP contribution in [0.3, 0.4) is 0 Å². The molecule has 122 valence electrons. The van der Waals surface area contributed by atoms with Crippen molar-refractivity contribution >= 4 is 5.97 Å². The summed E-state index contributed by atoms with van der Waals surface area (Å²) in [6.45, 7) is 6.57. The lowest BCUT2D eigenvalue weighted by Crippen LogP contribution is -2.16. The third-order valence-corrected chi connectivity index (χ3v) is 4.07. The van der Waals surface area contributed by atoms with Gasteiger partial charge in [0, 0.05) is 0 Å². The summed E-state index contributed by atoms with van der Waals surface area (Å²) in [5.74, 6) is -0.128. The van der Waals surface area contributed by atoms with E-state index in [2.05, 4.69) is 19.9 Å². The number of carbonyl (C=O) groups is 1. The maximum atomic E-state index is 11.6. The van der Waals surface area contributed by atoms with Gasteiger partial charge in [-0.25, -0.2) is 0 Å². The molecule has 0 aliphatic rings. The van der Waals surface area contributed by atoms with Gasteiger partial charge < -0.3 is 9.84 Å². The zero-order valence-electron chi connectivity index (χ0n) is 14.0. The number of hydrogen-bond acceptors (Lipinski definition) is 2. The average Bonchev–Trinajstić information content (AvgIpc) is 2.52. The van der Waals surface area contributed by atoms with Gasteiger partial charge in [-0.15, -0.1) is 0 Å². The van der Waals surface area contributed by atoms with Crippen molar-refractivity contribution in [1.29, 1.82) is 0 Å². The number of aliphatic carboxylic acids is 1. The molecule has 2 rings (SSSR count). The lowest BCUT2D eigenvalue weighted by molar-refractivity contribution is -0.139. The summed E-state index contributed by atoms with van der Waals surface area (Å²) in [6.07, 6.45) is 0.451. The Hall–Kier alpha value is -2.29. The van der Waals surface area contributed by atoms with Crippen molar-refractivity contribution in [3.63, 3.8) is 0 Å². The molecule has 1 atom stereocenters. The van der Waals surface area contributed by atoms with Crippen LogP contribution >= 0.6 is 0 Å². The van der Waals surface area contributed by atoms with Crippen LogP contribution in [0.5, 0.6) is 5.75 Å². The van der Waals surface area contributed by atoms with Crippen molar-refractivity contribution in [1.82, 2.24) is 0 Å². The Balaban J connectivity index is 2.07. The third kappa shape index (κ3) is 4.35. The summed E-state index contributed by atoms with van der Waals surface area (Å²) < 4.78 is 5.88. The highest BCUT2D eigenvalue weighted by atomic mass is 16.5. The molecule has 3 heteroatoms. The molecule has 0 heterocycles. The van der Waals surface area contributed by atoms with Crippen LogP contribution in [0.25, 0.3) is 0 Å². The normalized spacial score (nSPS) is 12.2. The highest BCUT2D eigenvalue weighted by Gasteiger charge is 2.21. The van der Waals surface area contributed by atoms with Crippen LogP contribution in [0, 0.1) is 6.92 Å². The molecule has 0 radical (unpaired) electrons. The molecular formula is C20H24O3. The van der Waals surface area contributed by atoms with E-state index in [1.165, 1.54) is 0 Å². The van der Waals surface area contributed by atoms with Crippen molar-refractivity contribution in [2.75, 3.05) is 6.61 Å². The summed E-state index contributed by atoms with van der Waals surface area (Å²) in [5.41, 5.74) is 3.01. The minimum Gasteiger partial charge on any atom is -0.493 e. The number of hydrogen-bond donors (Lipinski definition) is 1. The molecular weight excluding hydrogens is 288 g/mol. The van der Waals surface area contributed by atoms with Crippen LogP contribution in [0.4, 0.5) is 0 Å². The Morgan fingerprint density at radius 1 is 1.04 bits per heavy atom. The molecule has 23 heavy (non-hydrogen) atoms. The van der Waals surface area contributed by atoms with Gasteiger partial charge in [-0.05, 0) is 42.0 Å². The number of ether oxygens (including phenoxy) is 1. The number of carboxylic acids is 1. The van der Waals surface area contributed by atoms with Gasteiger partial charge in [-0.3, -0.25) is 4.79 Å². The molecule has 3 nitrogen and oxygen atoms in total. The second-order valence-electron chi connectivity index (χ2n) is 6.08. The molecule has 0 fully saturated rings. The summed E-state index contributed by atoms with van der Waals surface area (Å²) >= 11 is 0. The monoisotopic (exact) mass is 312 g/mol. The fourth-order valence-electron chi connectivity index (χ4n) is 2.77. The minimum absolute atomic E-state index is 0.373. The predicted molar refractivity (Wildman–Crippen MR) is 92.2 cm³/mol. The largest absolute Gasteiger partial charge is 0.493 e. The van der Waals surface area contributed by atoms with Crippen LogP contribution in [0.2, 0.25) is 0 Å². The number of aryl methyl sites for hydroxylation is 1. The average molecular weight is 312 g/mol. The predicted octanol–water partition coefficient (Wildman–Crippen LogP) is 4.76. The Kier molecular flexibility index (Phi) is 5.80. The second kappa shape index (κ2) is 7.82. The molecule has 1 N–H and O–H groups in total.